The van der Waals surface area contributed by atoms with Gasteiger partial charge in [0.2, 0.25) is 0 Å². The van der Waals surface area contributed by atoms with E-state index in [-0.39, 0.29) is 11.7 Å². The molecular weight excluding hydrogens is 176 g/mol. The Bertz CT molecular complexity index is 466. The van der Waals surface area contributed by atoms with Gasteiger partial charge in [-0.3, -0.25) is 4.98 Å². The largest absolute Gasteiger partial charge is 0.506 e. The molecule has 2 aromatic heterocycles. The van der Waals surface area contributed by atoms with Gasteiger partial charge < -0.3 is 5.11 Å². The van der Waals surface area contributed by atoms with Crippen LogP contribution in [0, 0.1) is 0 Å². The molecule has 2 aromatic rings. The van der Waals surface area contributed by atoms with E-state index in [2.05, 4.69) is 9.97 Å². The summed E-state index contributed by atoms with van der Waals surface area (Å²) in [5.41, 5.74) is 1.56. The molecule has 0 fully saturated rings. The van der Waals surface area contributed by atoms with Crippen molar-refractivity contribution >= 4 is 10.9 Å². The van der Waals surface area contributed by atoms with E-state index in [4.69, 9.17) is 0 Å². The fourth-order valence-electron chi connectivity index (χ4n) is 1.45. The van der Waals surface area contributed by atoms with Gasteiger partial charge in [-0.05, 0) is 18.1 Å². The maximum absolute atomic E-state index is 9.70. The van der Waals surface area contributed by atoms with Crippen LogP contribution in [0.5, 0.6) is 5.75 Å². The van der Waals surface area contributed by atoms with Crippen molar-refractivity contribution in [1.82, 2.24) is 9.97 Å². The number of nitrogens with zero attached hydrogens (tertiary/aromatic N) is 2. The Morgan fingerprint density at radius 1 is 1.36 bits per heavy atom. The van der Waals surface area contributed by atoms with Gasteiger partial charge in [-0.15, -0.1) is 0 Å². The third-order valence-electron chi connectivity index (χ3n) is 2.18. The van der Waals surface area contributed by atoms with Crippen LogP contribution in [0.15, 0.2) is 24.5 Å². The molecule has 0 aliphatic carbocycles. The summed E-state index contributed by atoms with van der Waals surface area (Å²) < 4.78 is 0. The minimum atomic E-state index is 0.222. The molecule has 0 unspecified atom stereocenters. The van der Waals surface area contributed by atoms with E-state index in [1.54, 1.807) is 18.5 Å². The molecule has 0 aliphatic rings. The van der Waals surface area contributed by atoms with Crippen LogP contribution in [-0.4, -0.2) is 15.1 Å². The van der Waals surface area contributed by atoms with E-state index < -0.39 is 0 Å². The minimum Gasteiger partial charge on any atom is -0.506 e. The van der Waals surface area contributed by atoms with E-state index >= 15 is 0 Å². The van der Waals surface area contributed by atoms with Crippen molar-refractivity contribution in [2.24, 2.45) is 0 Å². The Hall–Kier alpha value is -1.64. The van der Waals surface area contributed by atoms with E-state index in [1.165, 1.54) is 0 Å². The normalized spacial score (nSPS) is 11.1. The molecule has 0 atom stereocenters. The predicted octanol–water partition coefficient (Wildman–Crippen LogP) is 2.46. The van der Waals surface area contributed by atoms with Crippen LogP contribution in [-0.2, 0) is 0 Å². The highest BCUT2D eigenvalue weighted by Crippen LogP contribution is 2.26. The van der Waals surface area contributed by atoms with Crippen LogP contribution in [0.2, 0.25) is 0 Å². The Kier molecular flexibility index (Phi) is 2.08. The molecule has 0 bridgehead atoms. The molecule has 0 saturated carbocycles. The van der Waals surface area contributed by atoms with Crippen LogP contribution in [0.3, 0.4) is 0 Å². The smallest absolute Gasteiger partial charge is 0.137 e. The van der Waals surface area contributed by atoms with Crippen molar-refractivity contribution in [3.8, 4) is 5.75 Å². The van der Waals surface area contributed by atoms with Crippen LogP contribution in [0.1, 0.15) is 25.5 Å². The first-order chi connectivity index (χ1) is 6.68. The summed E-state index contributed by atoms with van der Waals surface area (Å²) in [6, 6.07) is 3.57. The molecular formula is C11H12N2O. The molecule has 0 aliphatic heterocycles. The molecule has 2 rings (SSSR count). The Labute approximate surface area is 82.4 Å². The van der Waals surface area contributed by atoms with Crippen molar-refractivity contribution in [3.05, 3.63) is 30.2 Å². The van der Waals surface area contributed by atoms with Gasteiger partial charge in [-0.1, -0.05) is 13.8 Å². The maximum atomic E-state index is 9.70. The van der Waals surface area contributed by atoms with Gasteiger partial charge in [0.1, 0.15) is 5.75 Å². The summed E-state index contributed by atoms with van der Waals surface area (Å²) >= 11 is 0. The Morgan fingerprint density at radius 2 is 2.14 bits per heavy atom. The quantitative estimate of drug-likeness (QED) is 0.747. The number of pyridine rings is 2. The van der Waals surface area contributed by atoms with Gasteiger partial charge in [0, 0.05) is 11.6 Å². The molecule has 14 heavy (non-hydrogen) atoms. The lowest BCUT2D eigenvalue weighted by atomic mass is 10.1. The standard InChI is InChI=1S/C11H12N2O/c1-7(2)11-10(14)5-8-3-4-12-6-9(8)13-11/h3-7,14H,1-2H3. The number of rotatable bonds is 1. The topological polar surface area (TPSA) is 46.0 Å². The Morgan fingerprint density at radius 3 is 2.86 bits per heavy atom. The molecule has 1 N–H and O–H groups in total. The predicted molar refractivity (Wildman–Crippen MR) is 55.3 cm³/mol. The van der Waals surface area contributed by atoms with E-state index in [9.17, 15) is 5.11 Å². The first-order valence-corrected chi connectivity index (χ1v) is 4.62. The highest BCUT2D eigenvalue weighted by molar-refractivity contribution is 5.79. The fourth-order valence-corrected chi connectivity index (χ4v) is 1.45. The lowest BCUT2D eigenvalue weighted by molar-refractivity contribution is 0.461. The van der Waals surface area contributed by atoms with Gasteiger partial charge in [0.15, 0.2) is 0 Å². The average molecular weight is 188 g/mol. The summed E-state index contributed by atoms with van der Waals surface area (Å²) in [7, 11) is 0. The van der Waals surface area contributed by atoms with E-state index in [0.29, 0.717) is 0 Å². The Balaban J connectivity index is 2.71. The van der Waals surface area contributed by atoms with Gasteiger partial charge in [0.25, 0.3) is 0 Å². The second kappa shape index (κ2) is 3.25. The van der Waals surface area contributed by atoms with Gasteiger partial charge >= 0.3 is 0 Å². The number of hydrogen-bond donors (Lipinski definition) is 1. The van der Waals surface area contributed by atoms with Crippen LogP contribution in [0.25, 0.3) is 10.9 Å². The van der Waals surface area contributed by atoms with Crippen molar-refractivity contribution in [3.63, 3.8) is 0 Å². The second-order valence-corrected chi connectivity index (χ2v) is 3.62. The lowest BCUT2D eigenvalue weighted by Crippen LogP contribution is -1.94. The number of hydrogen-bond acceptors (Lipinski definition) is 3. The highest BCUT2D eigenvalue weighted by atomic mass is 16.3. The summed E-state index contributed by atoms with van der Waals surface area (Å²) in [5.74, 6) is 0.485. The van der Waals surface area contributed by atoms with Crippen LogP contribution < -0.4 is 0 Å². The zero-order chi connectivity index (χ0) is 10.1. The lowest BCUT2D eigenvalue weighted by Gasteiger charge is -2.08. The zero-order valence-electron chi connectivity index (χ0n) is 8.23. The molecule has 0 aromatic carbocycles. The number of aromatic hydroxyl groups is 1. The summed E-state index contributed by atoms with van der Waals surface area (Å²) in [4.78, 5) is 8.36. The van der Waals surface area contributed by atoms with Crippen molar-refractivity contribution in [2.75, 3.05) is 0 Å². The fraction of sp³-hybridized carbons (Fsp3) is 0.273. The third kappa shape index (κ3) is 1.41. The molecule has 0 radical (unpaired) electrons. The summed E-state index contributed by atoms with van der Waals surface area (Å²) in [6.07, 6.45) is 3.40. The molecule has 0 spiro atoms. The average Bonchev–Trinajstić information content (AvgIpc) is 2.16. The first kappa shape index (κ1) is 8.94. The molecule has 3 heteroatoms. The monoisotopic (exact) mass is 188 g/mol. The third-order valence-corrected chi connectivity index (χ3v) is 2.18. The minimum absolute atomic E-state index is 0.222. The zero-order valence-corrected chi connectivity index (χ0v) is 8.23. The van der Waals surface area contributed by atoms with Gasteiger partial charge in [-0.25, -0.2) is 4.98 Å². The van der Waals surface area contributed by atoms with Crippen LogP contribution in [0.4, 0.5) is 0 Å². The van der Waals surface area contributed by atoms with Gasteiger partial charge in [-0.2, -0.15) is 0 Å². The van der Waals surface area contributed by atoms with E-state index in [1.807, 2.05) is 19.9 Å². The highest BCUT2D eigenvalue weighted by Gasteiger charge is 2.08. The van der Waals surface area contributed by atoms with Gasteiger partial charge in [0.05, 0.1) is 17.4 Å². The molecule has 0 saturated heterocycles. The van der Waals surface area contributed by atoms with Crippen molar-refractivity contribution in [2.45, 2.75) is 19.8 Å². The first-order valence-electron chi connectivity index (χ1n) is 4.62. The van der Waals surface area contributed by atoms with Crippen LogP contribution >= 0.6 is 0 Å². The summed E-state index contributed by atoms with van der Waals surface area (Å²) in [5, 5.41) is 10.6. The summed E-state index contributed by atoms with van der Waals surface area (Å²) in [6.45, 7) is 4.01. The SMILES string of the molecule is CC(C)c1nc2cnccc2cc1O. The molecule has 72 valence electrons. The van der Waals surface area contributed by atoms with E-state index in [0.717, 1.165) is 16.6 Å². The molecule has 0 amide bonds. The van der Waals surface area contributed by atoms with Crippen molar-refractivity contribution in [1.29, 1.82) is 0 Å². The number of fused-ring (bicyclic) bond motifs is 1. The molecule has 3 nitrogen and oxygen atoms in total. The number of aromatic nitrogens is 2. The maximum Gasteiger partial charge on any atom is 0.137 e. The second-order valence-electron chi connectivity index (χ2n) is 3.62. The molecule has 2 heterocycles. The van der Waals surface area contributed by atoms with Crippen molar-refractivity contribution < 1.29 is 5.11 Å².